The van der Waals surface area contributed by atoms with Gasteiger partial charge in [0.15, 0.2) is 0 Å². The zero-order valence-corrected chi connectivity index (χ0v) is 12.1. The average Bonchev–Trinajstić information content (AvgIpc) is 2.31. The molecule has 0 aliphatic heterocycles. The highest BCUT2D eigenvalue weighted by Crippen LogP contribution is 2.15. The van der Waals surface area contributed by atoms with Gasteiger partial charge < -0.3 is 15.3 Å². The molecule has 19 heavy (non-hydrogen) atoms. The summed E-state index contributed by atoms with van der Waals surface area (Å²) in [4.78, 5) is 19.7. The fourth-order valence-electron chi connectivity index (χ4n) is 1.72. The third kappa shape index (κ3) is 19.4. The van der Waals surface area contributed by atoms with E-state index in [9.17, 15) is 4.79 Å². The predicted molar refractivity (Wildman–Crippen MR) is 74.1 cm³/mol. The molecule has 5 heteroatoms. The molecule has 1 unspecified atom stereocenters. The van der Waals surface area contributed by atoms with Gasteiger partial charge in [-0.2, -0.15) is 0 Å². The molecule has 0 aliphatic carbocycles. The van der Waals surface area contributed by atoms with E-state index >= 15 is 0 Å². The lowest BCUT2D eigenvalue weighted by Crippen LogP contribution is -2.15. The number of carboxylic acid groups (broad SMARTS) is 2. The van der Waals surface area contributed by atoms with Crippen LogP contribution in [0.15, 0.2) is 0 Å². The van der Waals surface area contributed by atoms with E-state index in [4.69, 9.17) is 20.1 Å². The fourth-order valence-corrected chi connectivity index (χ4v) is 1.72. The molecular formula is C14H28O5. The maximum Gasteiger partial charge on any atom is 0.306 e. The third-order valence-electron chi connectivity index (χ3n) is 2.73. The minimum atomic E-state index is -0.833. The number of hydrogen-bond acceptors (Lipinski definition) is 3. The number of carboxylic acids is 2. The van der Waals surface area contributed by atoms with Crippen LogP contribution >= 0.6 is 0 Å². The quantitative estimate of drug-likeness (QED) is 0.533. The number of rotatable bonds is 10. The number of aliphatic carboxylic acids is 2. The van der Waals surface area contributed by atoms with Gasteiger partial charge in [-0.25, -0.2) is 0 Å². The van der Waals surface area contributed by atoms with Crippen LogP contribution in [0.3, 0.4) is 0 Å². The molecule has 3 N–H and O–H groups in total. The van der Waals surface area contributed by atoms with Crippen LogP contribution in [0.2, 0.25) is 0 Å². The van der Waals surface area contributed by atoms with Gasteiger partial charge in [0.05, 0.1) is 5.92 Å². The largest absolute Gasteiger partial charge is 0.481 e. The third-order valence-corrected chi connectivity index (χ3v) is 2.73. The molecule has 0 aromatic heterocycles. The average molecular weight is 276 g/mol. The SMILES string of the molecule is CC(=O)O.CCCCCCCCC(CCO)C(=O)O. The summed E-state index contributed by atoms with van der Waals surface area (Å²) in [7, 11) is 0. The lowest BCUT2D eigenvalue weighted by molar-refractivity contribution is -0.142. The van der Waals surface area contributed by atoms with Crippen LogP contribution in [0.5, 0.6) is 0 Å². The summed E-state index contributed by atoms with van der Waals surface area (Å²) in [5.74, 6) is -1.95. The van der Waals surface area contributed by atoms with Gasteiger partial charge in [-0.05, 0) is 12.8 Å². The second-order valence-corrected chi connectivity index (χ2v) is 4.62. The molecule has 0 aromatic rings. The van der Waals surface area contributed by atoms with Gasteiger partial charge in [-0.1, -0.05) is 45.4 Å². The number of hydrogen-bond donors (Lipinski definition) is 3. The number of aliphatic hydroxyl groups is 1. The second kappa shape index (κ2) is 15.0. The highest BCUT2D eigenvalue weighted by atomic mass is 16.4. The van der Waals surface area contributed by atoms with Crippen molar-refractivity contribution < 1.29 is 24.9 Å². The Morgan fingerprint density at radius 3 is 1.84 bits per heavy atom. The molecular weight excluding hydrogens is 248 g/mol. The lowest BCUT2D eigenvalue weighted by atomic mass is 9.97. The zero-order valence-electron chi connectivity index (χ0n) is 12.1. The van der Waals surface area contributed by atoms with Crippen LogP contribution in [0.4, 0.5) is 0 Å². The van der Waals surface area contributed by atoms with E-state index in [1.165, 1.54) is 25.7 Å². The van der Waals surface area contributed by atoms with E-state index < -0.39 is 11.9 Å². The lowest BCUT2D eigenvalue weighted by Gasteiger charge is -2.09. The van der Waals surface area contributed by atoms with Crippen LogP contribution in [-0.2, 0) is 9.59 Å². The van der Waals surface area contributed by atoms with Crippen LogP contribution in [-0.4, -0.2) is 33.9 Å². The minimum Gasteiger partial charge on any atom is -0.481 e. The Kier molecular flexibility index (Phi) is 15.9. The molecule has 0 bridgehead atoms. The summed E-state index contributed by atoms with van der Waals surface area (Å²) < 4.78 is 0. The van der Waals surface area contributed by atoms with Crippen LogP contribution < -0.4 is 0 Å². The van der Waals surface area contributed by atoms with Gasteiger partial charge in [0, 0.05) is 13.5 Å². The van der Waals surface area contributed by atoms with Gasteiger partial charge in [0.2, 0.25) is 0 Å². The molecule has 5 nitrogen and oxygen atoms in total. The first kappa shape index (κ1) is 20.2. The standard InChI is InChI=1S/C12H24O3.C2H4O2/c1-2-3-4-5-6-7-8-11(9-10-13)12(14)15;1-2(3)4/h11,13H,2-10H2,1H3,(H,14,15);1H3,(H,3,4). The minimum absolute atomic E-state index is 0.0210. The smallest absolute Gasteiger partial charge is 0.306 e. The summed E-state index contributed by atoms with van der Waals surface area (Å²) in [6.45, 7) is 3.24. The monoisotopic (exact) mass is 276 g/mol. The van der Waals surface area contributed by atoms with Gasteiger partial charge in [-0.15, -0.1) is 0 Å². The molecule has 0 heterocycles. The van der Waals surface area contributed by atoms with E-state index in [2.05, 4.69) is 6.92 Å². The van der Waals surface area contributed by atoms with Crippen molar-refractivity contribution in [2.75, 3.05) is 6.61 Å². The summed E-state index contributed by atoms with van der Waals surface area (Å²) in [6, 6.07) is 0. The molecule has 114 valence electrons. The van der Waals surface area contributed by atoms with Crippen molar-refractivity contribution in [3.8, 4) is 0 Å². The molecule has 0 aromatic carbocycles. The Morgan fingerprint density at radius 1 is 0.947 bits per heavy atom. The Balaban J connectivity index is 0. The first-order chi connectivity index (χ1) is 8.95. The Bertz CT molecular complexity index is 224. The summed E-state index contributed by atoms with van der Waals surface area (Å²) >= 11 is 0. The number of carbonyl (C=O) groups is 2. The Labute approximate surface area is 115 Å². The van der Waals surface area contributed by atoms with Crippen molar-refractivity contribution in [2.24, 2.45) is 5.92 Å². The van der Waals surface area contributed by atoms with E-state index in [1.54, 1.807) is 0 Å². The molecule has 0 spiro atoms. The second-order valence-electron chi connectivity index (χ2n) is 4.62. The molecule has 0 rings (SSSR count). The molecule has 0 saturated carbocycles. The van der Waals surface area contributed by atoms with Crippen LogP contribution in [0.1, 0.15) is 65.2 Å². The van der Waals surface area contributed by atoms with Crippen molar-refractivity contribution in [1.82, 2.24) is 0 Å². The van der Waals surface area contributed by atoms with E-state index in [-0.39, 0.29) is 12.5 Å². The van der Waals surface area contributed by atoms with Crippen molar-refractivity contribution in [3.05, 3.63) is 0 Å². The number of aliphatic hydroxyl groups excluding tert-OH is 1. The molecule has 0 saturated heterocycles. The highest BCUT2D eigenvalue weighted by molar-refractivity contribution is 5.69. The van der Waals surface area contributed by atoms with Crippen molar-refractivity contribution in [2.45, 2.75) is 65.2 Å². The van der Waals surface area contributed by atoms with Crippen molar-refractivity contribution in [1.29, 1.82) is 0 Å². The van der Waals surface area contributed by atoms with E-state index in [0.29, 0.717) is 12.8 Å². The van der Waals surface area contributed by atoms with Gasteiger partial charge >= 0.3 is 5.97 Å². The Hall–Kier alpha value is -1.10. The molecule has 0 amide bonds. The van der Waals surface area contributed by atoms with Gasteiger partial charge in [0.25, 0.3) is 5.97 Å². The molecule has 0 fully saturated rings. The highest BCUT2D eigenvalue weighted by Gasteiger charge is 2.15. The van der Waals surface area contributed by atoms with Gasteiger partial charge in [0.1, 0.15) is 0 Å². The molecule has 0 aliphatic rings. The van der Waals surface area contributed by atoms with E-state index in [0.717, 1.165) is 19.8 Å². The first-order valence-corrected chi connectivity index (χ1v) is 6.98. The number of unbranched alkanes of at least 4 members (excludes halogenated alkanes) is 5. The van der Waals surface area contributed by atoms with Crippen LogP contribution in [0.25, 0.3) is 0 Å². The first-order valence-electron chi connectivity index (χ1n) is 6.98. The maximum atomic E-state index is 10.7. The zero-order chi connectivity index (χ0) is 15.1. The van der Waals surface area contributed by atoms with Crippen molar-refractivity contribution in [3.63, 3.8) is 0 Å². The Morgan fingerprint density at radius 2 is 1.42 bits per heavy atom. The summed E-state index contributed by atoms with van der Waals surface area (Å²) in [6.07, 6.45) is 8.18. The maximum absolute atomic E-state index is 10.7. The van der Waals surface area contributed by atoms with Gasteiger partial charge in [-0.3, -0.25) is 9.59 Å². The normalized spacial score (nSPS) is 11.3. The fraction of sp³-hybridized carbons (Fsp3) is 0.857. The van der Waals surface area contributed by atoms with Crippen molar-refractivity contribution >= 4 is 11.9 Å². The summed E-state index contributed by atoms with van der Waals surface area (Å²) in [5, 5.41) is 24.9. The topological polar surface area (TPSA) is 94.8 Å². The van der Waals surface area contributed by atoms with Crippen LogP contribution in [0, 0.1) is 5.92 Å². The predicted octanol–water partition coefficient (Wildman–Crippen LogP) is 2.91. The summed E-state index contributed by atoms with van der Waals surface area (Å²) in [5.41, 5.74) is 0. The molecule has 1 atom stereocenters. The van der Waals surface area contributed by atoms with E-state index in [1.807, 2.05) is 0 Å². The molecule has 0 radical (unpaired) electrons.